The molecule has 0 fully saturated rings. The molecule has 1 unspecified atom stereocenters. The van der Waals surface area contributed by atoms with Crippen LogP contribution in [0.25, 0.3) is 0 Å². The molecule has 0 N–H and O–H groups in total. The highest BCUT2D eigenvalue weighted by atomic mass is 16.6. The zero-order valence-corrected chi connectivity index (χ0v) is 33.9. The molecular weight excluding hydrogens is 624 g/mol. The average molecular weight is 709 g/mol. The zero-order chi connectivity index (χ0) is 36.8. The molecule has 0 heterocycles. The average Bonchev–Trinajstić information content (AvgIpc) is 3.11. The van der Waals surface area contributed by atoms with Gasteiger partial charge in [0, 0.05) is 19.3 Å². The lowest BCUT2D eigenvalue weighted by molar-refractivity contribution is -0.167. The van der Waals surface area contributed by atoms with Gasteiger partial charge in [0.15, 0.2) is 6.10 Å². The first-order valence-electron chi connectivity index (χ1n) is 21.9. The van der Waals surface area contributed by atoms with E-state index in [4.69, 9.17) is 14.2 Å². The molecule has 0 saturated carbocycles. The van der Waals surface area contributed by atoms with Crippen LogP contribution in [0.5, 0.6) is 0 Å². The topological polar surface area (TPSA) is 78.9 Å². The monoisotopic (exact) mass is 709 g/mol. The van der Waals surface area contributed by atoms with E-state index in [1.165, 1.54) is 135 Å². The Morgan fingerprint density at radius 1 is 0.400 bits per heavy atom. The molecule has 0 aromatic rings. The van der Waals surface area contributed by atoms with Crippen molar-refractivity contribution in [1.29, 1.82) is 0 Å². The van der Waals surface area contributed by atoms with Crippen LogP contribution in [0.15, 0.2) is 0 Å². The summed E-state index contributed by atoms with van der Waals surface area (Å²) in [4.78, 5) is 37.5. The smallest absolute Gasteiger partial charge is 0.306 e. The fourth-order valence-corrected chi connectivity index (χ4v) is 6.42. The molecule has 0 aliphatic carbocycles. The van der Waals surface area contributed by atoms with E-state index in [9.17, 15) is 14.4 Å². The number of ether oxygens (including phenoxy) is 3. The molecule has 0 amide bonds. The van der Waals surface area contributed by atoms with Crippen LogP contribution < -0.4 is 0 Å². The van der Waals surface area contributed by atoms with Gasteiger partial charge in [-0.05, 0) is 25.2 Å². The Labute approximate surface area is 310 Å². The van der Waals surface area contributed by atoms with Gasteiger partial charge in [0.25, 0.3) is 0 Å². The van der Waals surface area contributed by atoms with E-state index in [0.29, 0.717) is 19.3 Å². The fourth-order valence-electron chi connectivity index (χ4n) is 6.42. The van der Waals surface area contributed by atoms with E-state index in [0.717, 1.165) is 63.7 Å². The van der Waals surface area contributed by atoms with Crippen molar-refractivity contribution in [1.82, 2.24) is 0 Å². The first-order valence-corrected chi connectivity index (χ1v) is 21.9. The lowest BCUT2D eigenvalue weighted by Crippen LogP contribution is -2.30. The highest BCUT2D eigenvalue weighted by Gasteiger charge is 2.19. The van der Waals surface area contributed by atoms with E-state index in [1.54, 1.807) is 0 Å². The standard InChI is InChI=1S/C44H84O6/c1-5-8-10-12-14-15-16-17-18-19-20-21-23-27-31-35-42(45)48-38-41(50-44(47)37-33-29-22-13-11-9-6-2)39-49-43(46)36-32-28-25-24-26-30-34-40(4)7-3/h40-41H,5-39H2,1-4H3/t40?,41-/m0/s1. The van der Waals surface area contributed by atoms with Gasteiger partial charge in [-0.3, -0.25) is 14.4 Å². The van der Waals surface area contributed by atoms with Crippen molar-refractivity contribution >= 4 is 17.9 Å². The van der Waals surface area contributed by atoms with Crippen molar-refractivity contribution < 1.29 is 28.6 Å². The molecule has 0 aliphatic heterocycles. The van der Waals surface area contributed by atoms with E-state index >= 15 is 0 Å². The summed E-state index contributed by atoms with van der Waals surface area (Å²) < 4.78 is 16.6. The van der Waals surface area contributed by atoms with Gasteiger partial charge in [0.05, 0.1) is 0 Å². The number of esters is 3. The van der Waals surface area contributed by atoms with Gasteiger partial charge in [-0.25, -0.2) is 0 Å². The summed E-state index contributed by atoms with van der Waals surface area (Å²) in [7, 11) is 0. The fraction of sp³-hybridized carbons (Fsp3) is 0.932. The second kappa shape index (κ2) is 38.6. The van der Waals surface area contributed by atoms with E-state index < -0.39 is 6.10 Å². The van der Waals surface area contributed by atoms with E-state index in [-0.39, 0.29) is 31.1 Å². The van der Waals surface area contributed by atoms with Crippen LogP contribution in [0, 0.1) is 5.92 Å². The zero-order valence-electron chi connectivity index (χ0n) is 33.9. The summed E-state index contributed by atoms with van der Waals surface area (Å²) in [6, 6.07) is 0. The number of hydrogen-bond donors (Lipinski definition) is 0. The number of unbranched alkanes of at least 4 members (excludes halogenated alkanes) is 25. The SMILES string of the molecule is CCCCCCCCCCCCCCCCCC(=O)OC[C@@H](COC(=O)CCCCCCCCC(C)CC)OC(=O)CCCCCCCCC. The molecule has 0 aliphatic rings. The van der Waals surface area contributed by atoms with Crippen molar-refractivity contribution in [3.8, 4) is 0 Å². The Morgan fingerprint density at radius 3 is 1.04 bits per heavy atom. The molecular formula is C44H84O6. The van der Waals surface area contributed by atoms with Gasteiger partial charge in [-0.1, -0.05) is 201 Å². The molecule has 0 aromatic heterocycles. The third kappa shape index (κ3) is 36.2. The summed E-state index contributed by atoms with van der Waals surface area (Å²) in [6.45, 7) is 8.92. The highest BCUT2D eigenvalue weighted by molar-refractivity contribution is 5.71. The number of hydrogen-bond acceptors (Lipinski definition) is 6. The predicted octanol–water partition coefficient (Wildman–Crippen LogP) is 13.6. The highest BCUT2D eigenvalue weighted by Crippen LogP contribution is 2.16. The van der Waals surface area contributed by atoms with Gasteiger partial charge >= 0.3 is 17.9 Å². The van der Waals surface area contributed by atoms with Crippen LogP contribution >= 0.6 is 0 Å². The molecule has 0 aromatic carbocycles. The molecule has 2 atom stereocenters. The molecule has 0 rings (SSSR count). The van der Waals surface area contributed by atoms with Gasteiger partial charge < -0.3 is 14.2 Å². The van der Waals surface area contributed by atoms with Gasteiger partial charge in [0.1, 0.15) is 13.2 Å². The third-order valence-electron chi connectivity index (χ3n) is 10.2. The van der Waals surface area contributed by atoms with Crippen LogP contribution in [-0.4, -0.2) is 37.2 Å². The molecule has 6 heteroatoms. The maximum Gasteiger partial charge on any atom is 0.306 e. The Hall–Kier alpha value is -1.59. The first kappa shape index (κ1) is 48.4. The van der Waals surface area contributed by atoms with Crippen molar-refractivity contribution in [2.24, 2.45) is 5.92 Å². The molecule has 0 spiro atoms. The molecule has 50 heavy (non-hydrogen) atoms. The van der Waals surface area contributed by atoms with Gasteiger partial charge in [0.2, 0.25) is 0 Å². The van der Waals surface area contributed by atoms with Gasteiger partial charge in [-0.2, -0.15) is 0 Å². The van der Waals surface area contributed by atoms with Crippen molar-refractivity contribution in [2.45, 2.75) is 246 Å². The second-order valence-corrected chi connectivity index (χ2v) is 15.2. The largest absolute Gasteiger partial charge is 0.462 e. The molecule has 6 nitrogen and oxygen atoms in total. The summed E-state index contributed by atoms with van der Waals surface area (Å²) in [5.74, 6) is -0.0516. The number of carbonyl (C=O) groups is 3. The summed E-state index contributed by atoms with van der Waals surface area (Å²) in [6.07, 6.45) is 36.7. The van der Waals surface area contributed by atoms with Crippen LogP contribution in [0.1, 0.15) is 240 Å². The van der Waals surface area contributed by atoms with E-state index in [2.05, 4.69) is 27.7 Å². The third-order valence-corrected chi connectivity index (χ3v) is 10.2. The predicted molar refractivity (Wildman–Crippen MR) is 210 cm³/mol. The van der Waals surface area contributed by atoms with Crippen molar-refractivity contribution in [3.63, 3.8) is 0 Å². The minimum Gasteiger partial charge on any atom is -0.462 e. The molecule has 0 saturated heterocycles. The van der Waals surface area contributed by atoms with Crippen LogP contribution in [0.3, 0.4) is 0 Å². The Morgan fingerprint density at radius 2 is 0.700 bits per heavy atom. The second-order valence-electron chi connectivity index (χ2n) is 15.2. The number of carbonyl (C=O) groups excluding carboxylic acids is 3. The van der Waals surface area contributed by atoms with Crippen LogP contribution in [0.2, 0.25) is 0 Å². The molecule has 296 valence electrons. The Bertz CT molecular complexity index is 753. The normalized spacial score (nSPS) is 12.5. The molecule has 0 radical (unpaired) electrons. The lowest BCUT2D eigenvalue weighted by Gasteiger charge is -2.18. The first-order chi connectivity index (χ1) is 24.4. The van der Waals surface area contributed by atoms with Crippen molar-refractivity contribution in [3.05, 3.63) is 0 Å². The van der Waals surface area contributed by atoms with Crippen molar-refractivity contribution in [2.75, 3.05) is 13.2 Å². The minimum absolute atomic E-state index is 0.0652. The maximum atomic E-state index is 12.6. The lowest BCUT2D eigenvalue weighted by atomic mass is 10.00. The minimum atomic E-state index is -0.758. The van der Waals surface area contributed by atoms with Gasteiger partial charge in [-0.15, -0.1) is 0 Å². The van der Waals surface area contributed by atoms with Crippen LogP contribution in [0.4, 0.5) is 0 Å². The number of rotatable bonds is 39. The maximum absolute atomic E-state index is 12.6. The quantitative estimate of drug-likeness (QED) is 0.0359. The summed E-state index contributed by atoms with van der Waals surface area (Å²) in [5, 5.41) is 0. The molecule has 0 bridgehead atoms. The van der Waals surface area contributed by atoms with E-state index in [1.807, 2.05) is 0 Å². The Kier molecular flexibility index (Phi) is 37.4. The summed E-state index contributed by atoms with van der Waals surface area (Å²) >= 11 is 0. The Balaban J connectivity index is 4.24. The summed E-state index contributed by atoms with van der Waals surface area (Å²) in [5.41, 5.74) is 0. The van der Waals surface area contributed by atoms with Crippen LogP contribution in [-0.2, 0) is 28.6 Å².